The maximum absolute atomic E-state index is 12.9. The molecule has 0 amide bonds. The molecule has 5 saturated heterocycles. The molecule has 2 aliphatic carbocycles. The van der Waals surface area contributed by atoms with Gasteiger partial charge in [0.2, 0.25) is 6.29 Å². The third kappa shape index (κ3) is 3.12. The van der Waals surface area contributed by atoms with Crippen LogP contribution in [-0.4, -0.2) is 77.6 Å². The van der Waals surface area contributed by atoms with Crippen LogP contribution in [-0.2, 0) is 38.0 Å². The van der Waals surface area contributed by atoms with E-state index in [1.165, 1.54) is 6.92 Å². The number of fused-ring (bicyclic) bond motifs is 2. The van der Waals surface area contributed by atoms with Crippen LogP contribution in [0.4, 0.5) is 0 Å². The van der Waals surface area contributed by atoms with Crippen LogP contribution in [0.3, 0.4) is 0 Å². The van der Waals surface area contributed by atoms with Gasteiger partial charge in [-0.05, 0) is 31.1 Å². The van der Waals surface area contributed by atoms with Gasteiger partial charge in [-0.1, -0.05) is 27.7 Å². The number of esters is 2. The van der Waals surface area contributed by atoms with Crippen molar-refractivity contribution in [3.63, 3.8) is 0 Å². The minimum absolute atomic E-state index is 0.0694. The van der Waals surface area contributed by atoms with Crippen molar-refractivity contribution in [2.45, 2.75) is 109 Å². The smallest absolute Gasteiger partial charge is 0.310 e. The number of aliphatic hydroxyl groups excluding tert-OH is 2. The second-order valence-corrected chi connectivity index (χ2v) is 12.4. The van der Waals surface area contributed by atoms with Crippen molar-refractivity contribution in [3.8, 4) is 0 Å². The fraction of sp³-hybridized carbons (Fsp3) is 0.923. The lowest BCUT2D eigenvalue weighted by Crippen LogP contribution is -2.80. The van der Waals surface area contributed by atoms with E-state index in [1.807, 2.05) is 0 Å². The standard InChI is InChI=1S/C26H38O10/c1-11(2)21(30)36-23-26-16(9-15(33-23)20(29)25(26)10-31-25)24(5,12(3)6-18(26)32-13(4)27)17-7-14-8-19(28)35-22(14)34-17/h11-12,14-20,22-23,28-29H,6-10H2,1-5H3/t12-,14+,15+,16?,17+,18+,19?,20+,22-,23?,24+,25-,26+/m1/s1. The summed E-state index contributed by atoms with van der Waals surface area (Å²) in [5.41, 5.74) is -2.58. The van der Waals surface area contributed by atoms with Crippen molar-refractivity contribution in [3.05, 3.63) is 0 Å². The largest absolute Gasteiger partial charge is 0.462 e. The predicted octanol–water partition coefficient (Wildman–Crippen LogP) is 1.49. The molecule has 3 unspecified atom stereocenters. The van der Waals surface area contributed by atoms with Crippen molar-refractivity contribution < 1.29 is 48.2 Å². The van der Waals surface area contributed by atoms with E-state index in [4.69, 9.17) is 28.4 Å². The first kappa shape index (κ1) is 25.0. The summed E-state index contributed by atoms with van der Waals surface area (Å²) in [6.45, 7) is 9.50. The Labute approximate surface area is 210 Å². The van der Waals surface area contributed by atoms with E-state index in [0.29, 0.717) is 19.3 Å². The maximum atomic E-state index is 12.9. The predicted molar refractivity (Wildman–Crippen MR) is 121 cm³/mol. The van der Waals surface area contributed by atoms with E-state index >= 15 is 0 Å². The molecule has 2 spiro atoms. The Hall–Kier alpha value is -1.30. The summed E-state index contributed by atoms with van der Waals surface area (Å²) in [6.07, 6.45) is -2.45. The molecule has 2 N–H and O–H groups in total. The second-order valence-electron chi connectivity index (χ2n) is 12.4. The summed E-state index contributed by atoms with van der Waals surface area (Å²) in [5, 5.41) is 21.3. The molecule has 7 aliphatic rings. The zero-order valence-electron chi connectivity index (χ0n) is 21.5. The summed E-state index contributed by atoms with van der Waals surface area (Å²) in [6, 6.07) is 0. The third-order valence-corrected chi connectivity index (χ3v) is 10.4. The average molecular weight is 511 g/mol. The molecule has 5 aliphatic heterocycles. The van der Waals surface area contributed by atoms with Gasteiger partial charge in [0.25, 0.3) is 0 Å². The third-order valence-electron chi connectivity index (χ3n) is 10.4. The number of carbonyl (C=O) groups is 2. The van der Waals surface area contributed by atoms with E-state index in [-0.39, 0.29) is 36.4 Å². The molecule has 0 aromatic rings. The van der Waals surface area contributed by atoms with Gasteiger partial charge in [0.05, 0.1) is 24.7 Å². The van der Waals surface area contributed by atoms with E-state index in [9.17, 15) is 19.8 Å². The number of epoxide rings is 1. The summed E-state index contributed by atoms with van der Waals surface area (Å²) in [5.74, 6) is -1.26. The first-order chi connectivity index (χ1) is 16.9. The maximum Gasteiger partial charge on any atom is 0.310 e. The summed E-state index contributed by atoms with van der Waals surface area (Å²) < 4.78 is 36.5. The fourth-order valence-electron chi connectivity index (χ4n) is 8.39. The molecule has 7 rings (SSSR count). The average Bonchev–Trinajstić information content (AvgIpc) is 3.38. The van der Waals surface area contributed by atoms with Crippen LogP contribution in [0, 0.1) is 34.5 Å². The molecule has 202 valence electrons. The number of hydrogen-bond donors (Lipinski definition) is 2. The number of ether oxygens (including phenoxy) is 6. The Balaban J connectivity index is 1.46. The Bertz CT molecular complexity index is 920. The second kappa shape index (κ2) is 8.10. The molecule has 10 nitrogen and oxygen atoms in total. The van der Waals surface area contributed by atoms with Gasteiger partial charge in [-0.15, -0.1) is 0 Å². The first-order valence-corrected chi connectivity index (χ1v) is 13.3. The SMILES string of the molecule is CC(=O)O[C@H]1C[C@@H](C)[C@](C)([C@@H]2C[C@H]3CC(O)O[C@H]3O2)C2C[C@@H]3OC(OC(=O)C(C)C)[C@]21[C@@]1(CO1)[C@H]3O. The van der Waals surface area contributed by atoms with Gasteiger partial charge in [0, 0.05) is 24.7 Å². The molecule has 0 aromatic heterocycles. The van der Waals surface area contributed by atoms with Crippen molar-refractivity contribution in [1.82, 2.24) is 0 Å². The zero-order chi connectivity index (χ0) is 25.8. The van der Waals surface area contributed by atoms with Crippen LogP contribution in [0.15, 0.2) is 0 Å². The number of hydrogen-bond acceptors (Lipinski definition) is 10. The molecule has 5 heterocycles. The summed E-state index contributed by atoms with van der Waals surface area (Å²) >= 11 is 0. The lowest BCUT2D eigenvalue weighted by molar-refractivity contribution is -0.397. The van der Waals surface area contributed by atoms with Crippen LogP contribution in [0.1, 0.15) is 60.3 Å². The van der Waals surface area contributed by atoms with Crippen LogP contribution >= 0.6 is 0 Å². The minimum atomic E-state index is -1.10. The van der Waals surface area contributed by atoms with E-state index in [1.54, 1.807) is 13.8 Å². The van der Waals surface area contributed by atoms with Gasteiger partial charge in [0.1, 0.15) is 23.2 Å². The van der Waals surface area contributed by atoms with Gasteiger partial charge >= 0.3 is 11.9 Å². The van der Waals surface area contributed by atoms with Gasteiger partial charge in [-0.3, -0.25) is 9.59 Å². The lowest BCUT2D eigenvalue weighted by Gasteiger charge is -2.69. The van der Waals surface area contributed by atoms with Crippen molar-refractivity contribution >= 4 is 11.9 Å². The van der Waals surface area contributed by atoms with Crippen LogP contribution in [0.5, 0.6) is 0 Å². The Morgan fingerprint density at radius 3 is 2.36 bits per heavy atom. The normalized spacial score (nSPS) is 54.9. The van der Waals surface area contributed by atoms with Crippen LogP contribution in [0.2, 0.25) is 0 Å². The Kier molecular flexibility index (Phi) is 5.63. The van der Waals surface area contributed by atoms with E-state index in [0.717, 1.165) is 6.42 Å². The van der Waals surface area contributed by atoms with Crippen molar-refractivity contribution in [2.24, 2.45) is 34.5 Å². The van der Waals surface area contributed by atoms with Gasteiger partial charge in [0.15, 0.2) is 12.6 Å². The van der Waals surface area contributed by atoms with Crippen LogP contribution < -0.4 is 0 Å². The molecule has 0 radical (unpaired) electrons. The van der Waals surface area contributed by atoms with Gasteiger partial charge in [-0.25, -0.2) is 0 Å². The van der Waals surface area contributed by atoms with E-state index < -0.39 is 65.6 Å². The van der Waals surface area contributed by atoms with E-state index in [2.05, 4.69) is 13.8 Å². The van der Waals surface area contributed by atoms with Gasteiger partial charge in [-0.2, -0.15) is 0 Å². The quantitative estimate of drug-likeness (QED) is 0.423. The topological polar surface area (TPSA) is 133 Å². The number of aliphatic hydroxyl groups is 2. The highest BCUT2D eigenvalue weighted by atomic mass is 16.7. The van der Waals surface area contributed by atoms with Crippen molar-refractivity contribution in [1.29, 1.82) is 0 Å². The molecule has 2 bridgehead atoms. The minimum Gasteiger partial charge on any atom is -0.462 e. The lowest BCUT2D eigenvalue weighted by atomic mass is 9.40. The zero-order valence-corrected chi connectivity index (χ0v) is 21.5. The van der Waals surface area contributed by atoms with Gasteiger partial charge < -0.3 is 38.6 Å². The molecule has 2 saturated carbocycles. The molecule has 7 fully saturated rings. The molecule has 10 heteroatoms. The molecular weight excluding hydrogens is 472 g/mol. The summed E-state index contributed by atoms with van der Waals surface area (Å²) in [4.78, 5) is 25.2. The highest BCUT2D eigenvalue weighted by Crippen LogP contribution is 2.74. The fourth-order valence-corrected chi connectivity index (χ4v) is 8.39. The molecule has 13 atom stereocenters. The van der Waals surface area contributed by atoms with Crippen LogP contribution in [0.25, 0.3) is 0 Å². The molecular formula is C26H38O10. The Morgan fingerprint density at radius 1 is 1.03 bits per heavy atom. The highest BCUT2D eigenvalue weighted by Gasteiger charge is 2.86. The number of rotatable bonds is 4. The monoisotopic (exact) mass is 510 g/mol. The van der Waals surface area contributed by atoms with Crippen molar-refractivity contribution in [2.75, 3.05) is 6.61 Å². The summed E-state index contributed by atoms with van der Waals surface area (Å²) in [7, 11) is 0. The highest BCUT2D eigenvalue weighted by molar-refractivity contribution is 5.72. The number of carbonyl (C=O) groups excluding carboxylic acids is 2. The molecule has 36 heavy (non-hydrogen) atoms. The Morgan fingerprint density at radius 2 is 1.75 bits per heavy atom. The first-order valence-electron chi connectivity index (χ1n) is 13.3. The molecule has 0 aromatic carbocycles.